The molecule has 1 saturated heterocycles. The SMILES string of the molecule is O=C(O)CCCCCNC(=O)CCOC1CCNCC1. The zero-order valence-electron chi connectivity index (χ0n) is 12.0. The van der Waals surface area contributed by atoms with Gasteiger partial charge in [-0.15, -0.1) is 0 Å². The first kappa shape index (κ1) is 16.9. The summed E-state index contributed by atoms with van der Waals surface area (Å²) in [5.74, 6) is -0.749. The minimum Gasteiger partial charge on any atom is -0.481 e. The number of unbranched alkanes of at least 4 members (excludes halogenated alkanes) is 2. The van der Waals surface area contributed by atoms with E-state index < -0.39 is 5.97 Å². The molecule has 1 aliphatic heterocycles. The minimum atomic E-state index is -0.760. The van der Waals surface area contributed by atoms with Crippen LogP contribution in [0.3, 0.4) is 0 Å². The van der Waals surface area contributed by atoms with E-state index in [2.05, 4.69) is 10.6 Å². The lowest BCUT2D eigenvalue weighted by atomic mass is 10.1. The summed E-state index contributed by atoms with van der Waals surface area (Å²) >= 11 is 0. The van der Waals surface area contributed by atoms with Crippen molar-refractivity contribution in [2.24, 2.45) is 0 Å². The van der Waals surface area contributed by atoms with Gasteiger partial charge in [0.15, 0.2) is 0 Å². The first-order valence-corrected chi connectivity index (χ1v) is 7.49. The molecule has 1 fully saturated rings. The van der Waals surface area contributed by atoms with Crippen molar-refractivity contribution >= 4 is 11.9 Å². The van der Waals surface area contributed by atoms with Crippen molar-refractivity contribution < 1.29 is 19.4 Å². The summed E-state index contributed by atoms with van der Waals surface area (Å²) in [6, 6.07) is 0. The van der Waals surface area contributed by atoms with Gasteiger partial charge in [0.05, 0.1) is 12.7 Å². The van der Waals surface area contributed by atoms with Crippen LogP contribution < -0.4 is 10.6 Å². The second-order valence-corrected chi connectivity index (χ2v) is 5.12. The standard InChI is InChI=1S/C14H26N2O4/c17-13(16-8-3-1-2-4-14(18)19)7-11-20-12-5-9-15-10-6-12/h12,15H,1-11H2,(H,16,17)(H,18,19). The van der Waals surface area contributed by atoms with Crippen LogP contribution in [-0.4, -0.2) is 49.3 Å². The lowest BCUT2D eigenvalue weighted by Gasteiger charge is -2.22. The van der Waals surface area contributed by atoms with E-state index in [-0.39, 0.29) is 12.3 Å². The van der Waals surface area contributed by atoms with Crippen LogP contribution in [-0.2, 0) is 14.3 Å². The number of carboxylic acid groups (broad SMARTS) is 1. The molecule has 1 rings (SSSR count). The molecule has 0 unspecified atom stereocenters. The maximum atomic E-state index is 11.5. The van der Waals surface area contributed by atoms with E-state index in [0.29, 0.717) is 32.1 Å². The Hall–Kier alpha value is -1.14. The largest absolute Gasteiger partial charge is 0.481 e. The van der Waals surface area contributed by atoms with E-state index in [1.54, 1.807) is 0 Å². The number of carboxylic acids is 1. The number of ether oxygens (including phenoxy) is 1. The van der Waals surface area contributed by atoms with Crippen LogP contribution in [0.4, 0.5) is 0 Å². The van der Waals surface area contributed by atoms with Crippen molar-refractivity contribution in [3.63, 3.8) is 0 Å². The van der Waals surface area contributed by atoms with E-state index in [0.717, 1.165) is 38.8 Å². The van der Waals surface area contributed by atoms with E-state index >= 15 is 0 Å². The van der Waals surface area contributed by atoms with Gasteiger partial charge in [-0.05, 0) is 38.8 Å². The summed E-state index contributed by atoms with van der Waals surface area (Å²) < 4.78 is 5.66. The van der Waals surface area contributed by atoms with E-state index in [1.807, 2.05) is 0 Å². The van der Waals surface area contributed by atoms with Gasteiger partial charge in [-0.1, -0.05) is 6.42 Å². The number of aliphatic carboxylic acids is 1. The lowest BCUT2D eigenvalue weighted by Crippen LogP contribution is -2.33. The van der Waals surface area contributed by atoms with Crippen LogP contribution in [0.15, 0.2) is 0 Å². The number of carbonyl (C=O) groups excluding carboxylic acids is 1. The molecule has 20 heavy (non-hydrogen) atoms. The van der Waals surface area contributed by atoms with Gasteiger partial charge >= 0.3 is 5.97 Å². The van der Waals surface area contributed by atoms with Crippen molar-refractivity contribution in [2.75, 3.05) is 26.2 Å². The Morgan fingerprint density at radius 3 is 2.60 bits per heavy atom. The van der Waals surface area contributed by atoms with Gasteiger partial charge in [-0.2, -0.15) is 0 Å². The third kappa shape index (κ3) is 8.87. The second kappa shape index (κ2) is 10.6. The molecule has 3 N–H and O–H groups in total. The van der Waals surface area contributed by atoms with Crippen LogP contribution in [0, 0.1) is 0 Å². The second-order valence-electron chi connectivity index (χ2n) is 5.12. The molecule has 1 heterocycles. The van der Waals surface area contributed by atoms with Gasteiger partial charge in [-0.3, -0.25) is 9.59 Å². The van der Waals surface area contributed by atoms with Gasteiger partial charge in [0.2, 0.25) is 5.91 Å². The third-order valence-electron chi connectivity index (χ3n) is 3.36. The Balaban J connectivity index is 1.88. The van der Waals surface area contributed by atoms with Gasteiger partial charge < -0.3 is 20.5 Å². The number of piperidine rings is 1. The van der Waals surface area contributed by atoms with Gasteiger partial charge in [0.25, 0.3) is 0 Å². The molecule has 0 atom stereocenters. The molecule has 0 aliphatic carbocycles. The van der Waals surface area contributed by atoms with Crippen molar-refractivity contribution in [3.8, 4) is 0 Å². The molecule has 6 nitrogen and oxygen atoms in total. The third-order valence-corrected chi connectivity index (χ3v) is 3.36. The average molecular weight is 286 g/mol. The minimum absolute atomic E-state index is 0.0113. The van der Waals surface area contributed by atoms with Crippen LogP contribution in [0.1, 0.15) is 44.9 Å². The highest BCUT2D eigenvalue weighted by atomic mass is 16.5. The number of hydrogen-bond donors (Lipinski definition) is 3. The van der Waals surface area contributed by atoms with Crippen molar-refractivity contribution in [1.29, 1.82) is 0 Å². The number of nitrogens with one attached hydrogen (secondary N) is 2. The molecule has 0 bridgehead atoms. The van der Waals surface area contributed by atoms with Crippen LogP contribution >= 0.6 is 0 Å². The number of hydrogen-bond acceptors (Lipinski definition) is 4. The van der Waals surface area contributed by atoms with E-state index in [9.17, 15) is 9.59 Å². The fourth-order valence-electron chi connectivity index (χ4n) is 2.17. The van der Waals surface area contributed by atoms with E-state index in [4.69, 9.17) is 9.84 Å². The molecule has 0 radical (unpaired) electrons. The molecular formula is C14H26N2O4. The molecule has 0 aromatic carbocycles. The monoisotopic (exact) mass is 286 g/mol. The number of rotatable bonds is 10. The Morgan fingerprint density at radius 2 is 1.90 bits per heavy atom. The molecule has 116 valence electrons. The molecule has 0 aromatic heterocycles. The molecule has 1 amide bonds. The smallest absolute Gasteiger partial charge is 0.303 e. The Kier molecular flexibility index (Phi) is 8.98. The van der Waals surface area contributed by atoms with Crippen molar-refractivity contribution in [1.82, 2.24) is 10.6 Å². The number of amides is 1. The van der Waals surface area contributed by atoms with Gasteiger partial charge in [-0.25, -0.2) is 0 Å². The first-order valence-electron chi connectivity index (χ1n) is 7.49. The first-order chi connectivity index (χ1) is 9.68. The normalized spacial score (nSPS) is 16.0. The summed E-state index contributed by atoms with van der Waals surface area (Å²) in [7, 11) is 0. The summed E-state index contributed by atoms with van der Waals surface area (Å²) in [6.07, 6.45) is 5.27. The van der Waals surface area contributed by atoms with Gasteiger partial charge in [0, 0.05) is 19.4 Å². The summed E-state index contributed by atoms with van der Waals surface area (Å²) in [6.45, 7) is 3.09. The van der Waals surface area contributed by atoms with Crippen molar-refractivity contribution in [2.45, 2.75) is 51.0 Å². The quantitative estimate of drug-likeness (QED) is 0.519. The van der Waals surface area contributed by atoms with Crippen molar-refractivity contribution in [3.05, 3.63) is 0 Å². The fourth-order valence-corrected chi connectivity index (χ4v) is 2.17. The predicted octanol–water partition coefficient (Wildman–Crippen LogP) is 0.906. The van der Waals surface area contributed by atoms with Crippen LogP contribution in [0.5, 0.6) is 0 Å². The van der Waals surface area contributed by atoms with Crippen LogP contribution in [0.2, 0.25) is 0 Å². The molecule has 0 saturated carbocycles. The highest BCUT2D eigenvalue weighted by Crippen LogP contribution is 2.07. The lowest BCUT2D eigenvalue weighted by molar-refractivity contribution is -0.137. The predicted molar refractivity (Wildman–Crippen MR) is 75.6 cm³/mol. The Labute approximate surface area is 120 Å². The molecular weight excluding hydrogens is 260 g/mol. The topological polar surface area (TPSA) is 87.7 Å². The summed E-state index contributed by atoms with van der Waals surface area (Å²) in [4.78, 5) is 21.8. The highest BCUT2D eigenvalue weighted by Gasteiger charge is 2.13. The molecule has 1 aliphatic rings. The molecule has 6 heteroatoms. The Bertz CT molecular complexity index is 291. The fraction of sp³-hybridized carbons (Fsp3) is 0.857. The summed E-state index contributed by atoms with van der Waals surface area (Å²) in [5.41, 5.74) is 0. The number of carbonyl (C=O) groups is 2. The zero-order valence-corrected chi connectivity index (χ0v) is 12.0. The summed E-state index contributed by atoms with van der Waals surface area (Å²) in [5, 5.41) is 14.6. The highest BCUT2D eigenvalue weighted by molar-refractivity contribution is 5.75. The van der Waals surface area contributed by atoms with Crippen LogP contribution in [0.25, 0.3) is 0 Å². The maximum Gasteiger partial charge on any atom is 0.303 e. The average Bonchev–Trinajstić information content (AvgIpc) is 2.43. The van der Waals surface area contributed by atoms with E-state index in [1.165, 1.54) is 0 Å². The Morgan fingerprint density at radius 1 is 1.15 bits per heavy atom. The zero-order chi connectivity index (χ0) is 14.6. The molecule has 0 aromatic rings. The molecule has 0 spiro atoms. The maximum absolute atomic E-state index is 11.5. The van der Waals surface area contributed by atoms with Gasteiger partial charge in [0.1, 0.15) is 0 Å².